The molecule has 1 aliphatic rings. The summed E-state index contributed by atoms with van der Waals surface area (Å²) in [6.07, 6.45) is 0.00744. The summed E-state index contributed by atoms with van der Waals surface area (Å²) >= 11 is 1.96. The van der Waals surface area contributed by atoms with Gasteiger partial charge in [0.2, 0.25) is 5.91 Å². The fourth-order valence-corrected chi connectivity index (χ4v) is 4.07. The minimum atomic E-state index is -1.18. The topological polar surface area (TPSA) is 110 Å². The zero-order valence-corrected chi connectivity index (χ0v) is 16.3. The van der Waals surface area contributed by atoms with Gasteiger partial charge in [-0.25, -0.2) is 4.79 Å². The van der Waals surface area contributed by atoms with E-state index in [2.05, 4.69) is 0 Å². The molecule has 1 amide bonds. The molecule has 25 heavy (non-hydrogen) atoms. The van der Waals surface area contributed by atoms with Crippen molar-refractivity contribution in [2.75, 3.05) is 32.3 Å². The standard InChI is InChI=1S/C15H23NO7S2/c1-9(17)24-6-11(7-25-10(2)18)13(19)16-8-15(22-3,23-4)5-12(16)14(20)21/h11-12H,5-8H2,1-4H3,(H,20,21). The van der Waals surface area contributed by atoms with Gasteiger partial charge in [-0.05, 0) is 0 Å². The maximum atomic E-state index is 12.9. The molecule has 1 rings (SSSR count). The minimum absolute atomic E-state index is 0.00744. The molecule has 1 unspecified atom stereocenters. The largest absolute Gasteiger partial charge is 0.480 e. The molecule has 0 spiro atoms. The molecule has 10 heteroatoms. The van der Waals surface area contributed by atoms with Crippen molar-refractivity contribution in [3.63, 3.8) is 0 Å². The van der Waals surface area contributed by atoms with Crippen molar-refractivity contribution in [1.29, 1.82) is 0 Å². The van der Waals surface area contributed by atoms with Crippen LogP contribution in [0.5, 0.6) is 0 Å². The SMILES string of the molecule is COC1(OC)CC(C(=O)O)N(C(=O)C(CSC(C)=O)CSC(C)=O)C1. The van der Waals surface area contributed by atoms with Crippen LogP contribution in [0.15, 0.2) is 0 Å². The molecule has 142 valence electrons. The summed E-state index contributed by atoms with van der Waals surface area (Å²) in [6.45, 7) is 2.75. The molecule has 1 aliphatic heterocycles. The summed E-state index contributed by atoms with van der Waals surface area (Å²) in [5.74, 6) is -3.04. The number of carbonyl (C=O) groups excluding carboxylic acids is 3. The molecular formula is C15H23NO7S2. The van der Waals surface area contributed by atoms with Gasteiger partial charge in [0.25, 0.3) is 0 Å². The van der Waals surface area contributed by atoms with Crippen LogP contribution < -0.4 is 0 Å². The van der Waals surface area contributed by atoms with E-state index in [0.717, 1.165) is 23.5 Å². The number of hydrogen-bond acceptors (Lipinski definition) is 8. The van der Waals surface area contributed by atoms with Crippen LogP contribution in [0.25, 0.3) is 0 Å². The zero-order valence-electron chi connectivity index (χ0n) is 14.6. The molecule has 1 atom stereocenters. The average Bonchev–Trinajstić information content (AvgIpc) is 2.95. The van der Waals surface area contributed by atoms with Gasteiger partial charge in [0.15, 0.2) is 16.0 Å². The molecule has 0 aliphatic carbocycles. The number of aliphatic carboxylic acids is 1. The van der Waals surface area contributed by atoms with Crippen LogP contribution in [0.3, 0.4) is 0 Å². The third kappa shape index (κ3) is 5.98. The molecular weight excluding hydrogens is 370 g/mol. The normalized spacial score (nSPS) is 19.2. The molecule has 1 N–H and O–H groups in total. The lowest BCUT2D eigenvalue weighted by molar-refractivity contribution is -0.197. The molecule has 1 saturated heterocycles. The Labute approximate surface area is 155 Å². The summed E-state index contributed by atoms with van der Waals surface area (Å²) < 4.78 is 10.6. The predicted octanol–water partition coefficient (Wildman–Crippen LogP) is 0.837. The number of carboxylic acids is 1. The number of ether oxygens (including phenoxy) is 2. The van der Waals surface area contributed by atoms with E-state index in [1.54, 1.807) is 0 Å². The number of carboxylic acid groups (broad SMARTS) is 1. The monoisotopic (exact) mass is 393 g/mol. The van der Waals surface area contributed by atoms with E-state index in [0.29, 0.717) is 0 Å². The second kappa shape index (κ2) is 9.56. The number of methoxy groups -OCH3 is 2. The fourth-order valence-electron chi connectivity index (χ4n) is 2.53. The van der Waals surface area contributed by atoms with Crippen LogP contribution in [0.2, 0.25) is 0 Å². The van der Waals surface area contributed by atoms with Gasteiger partial charge in [-0.3, -0.25) is 14.4 Å². The van der Waals surface area contributed by atoms with Crippen molar-refractivity contribution >= 4 is 45.6 Å². The number of rotatable bonds is 8. The molecule has 1 heterocycles. The van der Waals surface area contributed by atoms with Crippen molar-refractivity contribution < 1.29 is 33.8 Å². The number of carbonyl (C=O) groups is 4. The molecule has 0 aromatic carbocycles. The zero-order chi connectivity index (χ0) is 19.2. The highest BCUT2D eigenvalue weighted by Gasteiger charge is 2.50. The number of amides is 1. The molecule has 8 nitrogen and oxygen atoms in total. The lowest BCUT2D eigenvalue weighted by atomic mass is 10.1. The molecule has 0 saturated carbocycles. The van der Waals surface area contributed by atoms with Gasteiger partial charge in [-0.1, -0.05) is 23.5 Å². The van der Waals surface area contributed by atoms with Gasteiger partial charge in [0.05, 0.1) is 12.5 Å². The Morgan fingerprint density at radius 3 is 1.96 bits per heavy atom. The van der Waals surface area contributed by atoms with E-state index in [-0.39, 0.29) is 34.7 Å². The van der Waals surface area contributed by atoms with Gasteiger partial charge in [0.1, 0.15) is 6.04 Å². The first-order valence-electron chi connectivity index (χ1n) is 7.56. The number of likely N-dealkylation sites (tertiary alicyclic amines) is 1. The smallest absolute Gasteiger partial charge is 0.326 e. The van der Waals surface area contributed by atoms with Gasteiger partial charge < -0.3 is 19.5 Å². The first-order valence-corrected chi connectivity index (χ1v) is 9.53. The fraction of sp³-hybridized carbons (Fsp3) is 0.733. The van der Waals surface area contributed by atoms with E-state index in [9.17, 15) is 24.3 Å². The van der Waals surface area contributed by atoms with Crippen LogP contribution in [0.1, 0.15) is 20.3 Å². The molecule has 0 aromatic heterocycles. The highest BCUT2D eigenvalue weighted by Crippen LogP contribution is 2.33. The Kier molecular flexibility index (Phi) is 8.39. The average molecular weight is 393 g/mol. The van der Waals surface area contributed by atoms with E-state index in [4.69, 9.17) is 9.47 Å². The van der Waals surface area contributed by atoms with E-state index in [1.165, 1.54) is 33.0 Å². The minimum Gasteiger partial charge on any atom is -0.480 e. The highest BCUT2D eigenvalue weighted by molar-refractivity contribution is 8.14. The van der Waals surface area contributed by atoms with Crippen LogP contribution in [0.4, 0.5) is 0 Å². The molecule has 0 bridgehead atoms. The Bertz CT molecular complexity index is 518. The summed E-state index contributed by atoms with van der Waals surface area (Å²) in [5.41, 5.74) is 0. The van der Waals surface area contributed by atoms with Crippen molar-refractivity contribution in [1.82, 2.24) is 4.90 Å². The van der Waals surface area contributed by atoms with Gasteiger partial charge in [0, 0.05) is 46.0 Å². The second-order valence-electron chi connectivity index (χ2n) is 5.65. The van der Waals surface area contributed by atoms with Crippen molar-refractivity contribution in [3.8, 4) is 0 Å². The van der Waals surface area contributed by atoms with E-state index in [1.807, 2.05) is 0 Å². The third-order valence-corrected chi connectivity index (χ3v) is 5.88. The van der Waals surface area contributed by atoms with Gasteiger partial charge in [-0.2, -0.15) is 0 Å². The van der Waals surface area contributed by atoms with Gasteiger partial charge in [-0.15, -0.1) is 0 Å². The maximum Gasteiger partial charge on any atom is 0.326 e. The van der Waals surface area contributed by atoms with E-state index < -0.39 is 29.6 Å². The maximum absolute atomic E-state index is 12.9. The number of nitrogens with zero attached hydrogens (tertiary/aromatic N) is 1. The quantitative estimate of drug-likeness (QED) is 0.600. The highest BCUT2D eigenvalue weighted by atomic mass is 32.2. The van der Waals surface area contributed by atoms with Gasteiger partial charge >= 0.3 is 5.97 Å². The Morgan fingerprint density at radius 1 is 1.12 bits per heavy atom. The lowest BCUT2D eigenvalue weighted by Crippen LogP contribution is -2.46. The van der Waals surface area contributed by atoms with Crippen LogP contribution in [0, 0.1) is 5.92 Å². The Hall–Kier alpha value is -1.10. The number of thioether (sulfide) groups is 2. The number of hydrogen-bond donors (Lipinski definition) is 1. The molecule has 1 fully saturated rings. The summed E-state index contributed by atoms with van der Waals surface area (Å²) in [4.78, 5) is 48.1. The Balaban J connectivity index is 2.99. The summed E-state index contributed by atoms with van der Waals surface area (Å²) in [6, 6.07) is -1.08. The first-order chi connectivity index (χ1) is 11.7. The predicted molar refractivity (Wildman–Crippen MR) is 94.3 cm³/mol. The molecule has 0 aromatic rings. The van der Waals surface area contributed by atoms with E-state index >= 15 is 0 Å². The van der Waals surface area contributed by atoms with Crippen LogP contribution in [-0.2, 0) is 28.7 Å². The second-order valence-corrected chi connectivity index (χ2v) is 8.04. The van der Waals surface area contributed by atoms with Crippen molar-refractivity contribution in [2.24, 2.45) is 5.92 Å². The first kappa shape index (κ1) is 21.9. The summed E-state index contributed by atoms with van der Waals surface area (Å²) in [5, 5.41) is 9.15. The lowest BCUT2D eigenvalue weighted by Gasteiger charge is -2.28. The van der Waals surface area contributed by atoms with Crippen molar-refractivity contribution in [2.45, 2.75) is 32.1 Å². The van der Waals surface area contributed by atoms with Crippen molar-refractivity contribution in [3.05, 3.63) is 0 Å². The Morgan fingerprint density at radius 2 is 1.60 bits per heavy atom. The molecule has 0 radical (unpaired) electrons. The summed E-state index contributed by atoms with van der Waals surface area (Å²) in [7, 11) is 2.79. The van der Waals surface area contributed by atoms with Crippen LogP contribution in [-0.4, -0.2) is 76.2 Å². The third-order valence-electron chi connectivity index (χ3n) is 3.93. The van der Waals surface area contributed by atoms with Crippen LogP contribution >= 0.6 is 23.5 Å².